The summed E-state index contributed by atoms with van der Waals surface area (Å²) < 4.78 is 42.9. The number of allylic oxidation sites excluding steroid dienone is 1. The standard InChI is InChI=1S/C14H16ClF3N2O/c1-21-13-10(8-12(15)19-20-13)5-2-9-3-6-11(7-4-9)14(16,17)18/h2,5,8-9,11H,3-4,6-7H2,1H3/b5-2+. The summed E-state index contributed by atoms with van der Waals surface area (Å²) in [6.45, 7) is 0. The molecule has 21 heavy (non-hydrogen) atoms. The molecule has 0 atom stereocenters. The van der Waals surface area contributed by atoms with E-state index in [4.69, 9.17) is 16.3 Å². The van der Waals surface area contributed by atoms with Gasteiger partial charge < -0.3 is 4.74 Å². The molecule has 3 nitrogen and oxygen atoms in total. The van der Waals surface area contributed by atoms with Gasteiger partial charge in [-0.15, -0.1) is 10.2 Å². The number of hydrogen-bond acceptors (Lipinski definition) is 3. The lowest BCUT2D eigenvalue weighted by Crippen LogP contribution is -2.27. The molecule has 1 saturated carbocycles. The van der Waals surface area contributed by atoms with Crippen molar-refractivity contribution in [2.75, 3.05) is 7.11 Å². The molecular weight excluding hydrogens is 305 g/mol. The Labute approximate surface area is 126 Å². The van der Waals surface area contributed by atoms with Crippen LogP contribution in [0, 0.1) is 11.8 Å². The van der Waals surface area contributed by atoms with Gasteiger partial charge in [0.2, 0.25) is 5.88 Å². The number of nitrogens with zero attached hydrogens (tertiary/aromatic N) is 2. The number of hydrogen-bond donors (Lipinski definition) is 0. The first kappa shape index (κ1) is 16.1. The van der Waals surface area contributed by atoms with Gasteiger partial charge >= 0.3 is 6.18 Å². The zero-order chi connectivity index (χ0) is 15.5. The lowest BCUT2D eigenvalue weighted by atomic mass is 9.81. The molecule has 0 amide bonds. The Morgan fingerprint density at radius 1 is 1.24 bits per heavy atom. The Morgan fingerprint density at radius 2 is 1.90 bits per heavy atom. The summed E-state index contributed by atoms with van der Waals surface area (Å²) in [5.74, 6) is -0.673. The average molecular weight is 321 g/mol. The van der Waals surface area contributed by atoms with E-state index < -0.39 is 12.1 Å². The predicted molar refractivity (Wildman–Crippen MR) is 74.1 cm³/mol. The second-order valence-electron chi connectivity index (χ2n) is 5.14. The van der Waals surface area contributed by atoms with Gasteiger partial charge in [0, 0.05) is 5.56 Å². The van der Waals surface area contributed by atoms with E-state index in [9.17, 15) is 13.2 Å². The molecule has 1 aliphatic carbocycles. The van der Waals surface area contributed by atoms with Crippen LogP contribution in [0.1, 0.15) is 31.2 Å². The number of rotatable bonds is 3. The molecule has 2 rings (SSSR count). The van der Waals surface area contributed by atoms with Crippen LogP contribution in [0.5, 0.6) is 5.88 Å². The van der Waals surface area contributed by atoms with Gasteiger partial charge in [0.05, 0.1) is 13.0 Å². The van der Waals surface area contributed by atoms with Crippen molar-refractivity contribution < 1.29 is 17.9 Å². The van der Waals surface area contributed by atoms with Crippen LogP contribution in [-0.4, -0.2) is 23.5 Å². The highest BCUT2D eigenvalue weighted by atomic mass is 35.5. The highest BCUT2D eigenvalue weighted by Gasteiger charge is 2.40. The first-order chi connectivity index (χ1) is 9.90. The Bertz CT molecular complexity index is 511. The van der Waals surface area contributed by atoms with Crippen molar-refractivity contribution in [1.29, 1.82) is 0 Å². The van der Waals surface area contributed by atoms with Crippen molar-refractivity contribution in [1.82, 2.24) is 10.2 Å². The SMILES string of the molecule is COc1nnc(Cl)cc1/C=C/C1CCC(C(F)(F)F)CC1. The Morgan fingerprint density at radius 3 is 2.48 bits per heavy atom. The van der Waals surface area contributed by atoms with Crippen LogP contribution < -0.4 is 4.74 Å². The zero-order valence-electron chi connectivity index (χ0n) is 11.5. The van der Waals surface area contributed by atoms with Gasteiger partial charge in [-0.1, -0.05) is 23.8 Å². The van der Waals surface area contributed by atoms with Gasteiger partial charge in [-0.2, -0.15) is 13.2 Å². The third-order valence-corrected chi connectivity index (χ3v) is 3.92. The van der Waals surface area contributed by atoms with Crippen LogP contribution in [0.15, 0.2) is 12.1 Å². The van der Waals surface area contributed by atoms with E-state index in [1.807, 2.05) is 6.08 Å². The van der Waals surface area contributed by atoms with Crippen LogP contribution in [0.2, 0.25) is 5.15 Å². The normalized spacial score (nSPS) is 23.5. The third-order valence-electron chi connectivity index (χ3n) is 3.73. The van der Waals surface area contributed by atoms with Gasteiger partial charge in [0.25, 0.3) is 0 Å². The highest BCUT2D eigenvalue weighted by molar-refractivity contribution is 6.29. The van der Waals surface area contributed by atoms with Crippen molar-refractivity contribution >= 4 is 17.7 Å². The van der Waals surface area contributed by atoms with E-state index in [0.29, 0.717) is 24.3 Å². The van der Waals surface area contributed by atoms with Crippen LogP contribution in [0.4, 0.5) is 13.2 Å². The first-order valence-electron chi connectivity index (χ1n) is 6.72. The first-order valence-corrected chi connectivity index (χ1v) is 7.10. The van der Waals surface area contributed by atoms with Crippen molar-refractivity contribution in [3.05, 3.63) is 22.9 Å². The fraction of sp³-hybridized carbons (Fsp3) is 0.571. The number of alkyl halides is 3. The van der Waals surface area contributed by atoms with Crippen molar-refractivity contribution in [2.45, 2.75) is 31.9 Å². The maximum atomic E-state index is 12.6. The lowest BCUT2D eigenvalue weighted by Gasteiger charge is -2.28. The molecule has 116 valence electrons. The maximum Gasteiger partial charge on any atom is 0.391 e. The quantitative estimate of drug-likeness (QED) is 0.821. The zero-order valence-corrected chi connectivity index (χ0v) is 12.3. The fourth-order valence-corrected chi connectivity index (χ4v) is 2.68. The average Bonchev–Trinajstić information content (AvgIpc) is 2.45. The van der Waals surface area contributed by atoms with E-state index in [1.165, 1.54) is 7.11 Å². The van der Waals surface area contributed by atoms with Crippen LogP contribution in [-0.2, 0) is 0 Å². The summed E-state index contributed by atoms with van der Waals surface area (Å²) in [7, 11) is 1.48. The van der Waals surface area contributed by atoms with Crippen molar-refractivity contribution in [2.24, 2.45) is 11.8 Å². The smallest absolute Gasteiger partial charge is 0.391 e. The van der Waals surface area contributed by atoms with Gasteiger partial charge in [0.1, 0.15) is 0 Å². The van der Waals surface area contributed by atoms with Gasteiger partial charge in [0.15, 0.2) is 5.15 Å². The van der Waals surface area contributed by atoms with Gasteiger partial charge in [-0.25, -0.2) is 0 Å². The minimum absolute atomic E-state index is 0.139. The molecule has 0 unspecified atom stereocenters. The Balaban J connectivity index is 1.99. The second-order valence-corrected chi connectivity index (χ2v) is 5.53. The minimum Gasteiger partial charge on any atom is -0.479 e. The Hall–Kier alpha value is -1.30. The predicted octanol–water partition coefficient (Wildman–Crippen LogP) is 4.52. The molecule has 1 heterocycles. The molecule has 0 aromatic carbocycles. The number of halogens is 4. The summed E-state index contributed by atoms with van der Waals surface area (Å²) in [5.41, 5.74) is 0.676. The van der Waals surface area contributed by atoms with E-state index in [0.717, 1.165) is 0 Å². The molecule has 0 saturated heterocycles. The van der Waals surface area contributed by atoms with Crippen LogP contribution >= 0.6 is 11.6 Å². The van der Waals surface area contributed by atoms with E-state index in [-0.39, 0.29) is 23.9 Å². The van der Waals surface area contributed by atoms with Crippen molar-refractivity contribution in [3.8, 4) is 5.88 Å². The lowest BCUT2D eigenvalue weighted by molar-refractivity contribution is -0.183. The largest absolute Gasteiger partial charge is 0.479 e. The minimum atomic E-state index is -4.07. The molecule has 0 aliphatic heterocycles. The van der Waals surface area contributed by atoms with Gasteiger partial charge in [-0.3, -0.25) is 0 Å². The maximum absolute atomic E-state index is 12.6. The monoisotopic (exact) mass is 320 g/mol. The third kappa shape index (κ3) is 4.33. The van der Waals surface area contributed by atoms with Crippen LogP contribution in [0.3, 0.4) is 0 Å². The number of methoxy groups -OCH3 is 1. The number of ether oxygens (including phenoxy) is 1. The molecular formula is C14H16ClF3N2O. The summed E-state index contributed by atoms with van der Waals surface area (Å²) in [5, 5.41) is 7.72. The van der Waals surface area contributed by atoms with E-state index >= 15 is 0 Å². The summed E-state index contributed by atoms with van der Waals surface area (Å²) in [6.07, 6.45) is 1.07. The molecule has 1 aliphatic rings. The van der Waals surface area contributed by atoms with E-state index in [1.54, 1.807) is 12.1 Å². The fourth-order valence-electron chi connectivity index (χ4n) is 2.53. The summed E-state index contributed by atoms with van der Waals surface area (Å²) in [6, 6.07) is 1.62. The van der Waals surface area contributed by atoms with E-state index in [2.05, 4.69) is 10.2 Å². The summed E-state index contributed by atoms with van der Waals surface area (Å²) >= 11 is 5.78. The topological polar surface area (TPSA) is 35.0 Å². The molecule has 1 aromatic rings. The van der Waals surface area contributed by atoms with Crippen molar-refractivity contribution in [3.63, 3.8) is 0 Å². The summed E-state index contributed by atoms with van der Waals surface area (Å²) in [4.78, 5) is 0. The molecule has 7 heteroatoms. The molecule has 1 fully saturated rings. The van der Waals surface area contributed by atoms with Crippen LogP contribution in [0.25, 0.3) is 6.08 Å². The molecule has 0 spiro atoms. The highest BCUT2D eigenvalue weighted by Crippen LogP contribution is 2.40. The molecule has 1 aromatic heterocycles. The molecule has 0 bridgehead atoms. The number of aromatic nitrogens is 2. The molecule has 0 radical (unpaired) electrons. The van der Waals surface area contributed by atoms with Gasteiger partial charge in [-0.05, 0) is 37.7 Å². The molecule has 0 N–H and O–H groups in total. The second kappa shape index (κ2) is 6.64. The Kier molecular flexibility index (Phi) is 5.08.